The molecule has 2 saturated heterocycles. The van der Waals surface area contributed by atoms with Crippen molar-refractivity contribution in [3.63, 3.8) is 0 Å². The van der Waals surface area contributed by atoms with Crippen molar-refractivity contribution in [2.45, 2.75) is 34.6 Å². The Hall–Kier alpha value is -1.07. The first kappa shape index (κ1) is 18.7. The van der Waals surface area contributed by atoms with Gasteiger partial charge in [0.1, 0.15) is 0 Å². The molecule has 0 atom stereocenters. The average Bonchev–Trinajstić information content (AvgIpc) is 2.58. The summed E-state index contributed by atoms with van der Waals surface area (Å²) in [7, 11) is -0.862. The van der Waals surface area contributed by atoms with Crippen molar-refractivity contribution in [1.82, 2.24) is 0 Å². The minimum Gasteiger partial charge on any atom is -0.407 e. The van der Waals surface area contributed by atoms with Crippen molar-refractivity contribution in [2.24, 2.45) is 10.8 Å². The summed E-state index contributed by atoms with van der Waals surface area (Å²) in [6, 6.07) is 10.3. The molecule has 0 saturated carbocycles. The Morgan fingerprint density at radius 2 is 1.16 bits per heavy atom. The average molecular weight is 342 g/mol. The van der Waals surface area contributed by atoms with Crippen LogP contribution in [0.3, 0.4) is 0 Å². The van der Waals surface area contributed by atoms with Crippen LogP contribution in [-0.4, -0.2) is 40.7 Å². The highest BCUT2D eigenvalue weighted by Gasteiger charge is 2.45. The number of hydrogen-bond acceptors (Lipinski definition) is 4. The van der Waals surface area contributed by atoms with E-state index in [2.05, 4.69) is 46.8 Å². The van der Waals surface area contributed by atoms with Gasteiger partial charge >= 0.3 is 14.2 Å². The minimum atomic E-state index is -0.431. The second-order valence-electron chi connectivity index (χ2n) is 8.68. The molecule has 1 aromatic rings. The zero-order valence-corrected chi connectivity index (χ0v) is 16.0. The van der Waals surface area contributed by atoms with Crippen LogP contribution < -0.4 is 0 Å². The van der Waals surface area contributed by atoms with E-state index in [1.807, 2.05) is 18.2 Å². The van der Waals surface area contributed by atoms with Gasteiger partial charge < -0.3 is 18.6 Å². The van der Waals surface area contributed by atoms with Crippen molar-refractivity contribution in [3.8, 4) is 0 Å². The van der Waals surface area contributed by atoms with Gasteiger partial charge in [0.2, 0.25) is 0 Å². The predicted molar refractivity (Wildman–Crippen MR) is 102 cm³/mol. The topological polar surface area (TPSA) is 36.9 Å². The quantitative estimate of drug-likeness (QED) is 0.786. The van der Waals surface area contributed by atoms with Crippen LogP contribution >= 0.6 is 0 Å². The van der Waals surface area contributed by atoms with Crippen molar-refractivity contribution in [1.29, 1.82) is 0 Å². The molecule has 6 heteroatoms. The fourth-order valence-corrected chi connectivity index (χ4v) is 3.06. The molecule has 0 amide bonds. The molecule has 0 spiro atoms. The SMILES string of the molecule is CC(=C(B1OCC(C)(C)CO1)B1OCC(C)(C)CO1)c1ccccc1. The minimum absolute atomic E-state index is 0.0263. The largest absolute Gasteiger partial charge is 0.486 e. The van der Waals surface area contributed by atoms with E-state index in [-0.39, 0.29) is 10.8 Å². The Morgan fingerprint density at radius 1 is 0.760 bits per heavy atom. The maximum atomic E-state index is 6.06. The normalized spacial score (nSPS) is 22.6. The van der Waals surface area contributed by atoms with Crippen LogP contribution in [0.4, 0.5) is 0 Å². The van der Waals surface area contributed by atoms with Crippen LogP contribution in [-0.2, 0) is 18.6 Å². The molecular formula is C19H28B2O4. The van der Waals surface area contributed by atoms with Gasteiger partial charge in [-0.25, -0.2) is 0 Å². The van der Waals surface area contributed by atoms with Gasteiger partial charge in [0.25, 0.3) is 0 Å². The molecule has 25 heavy (non-hydrogen) atoms. The summed E-state index contributed by atoms with van der Waals surface area (Å²) in [5.41, 5.74) is 2.28. The number of benzene rings is 1. The molecule has 2 aliphatic heterocycles. The summed E-state index contributed by atoms with van der Waals surface area (Å²) in [4.78, 5) is 0. The summed E-state index contributed by atoms with van der Waals surface area (Å²) in [5.74, 6) is 0. The fourth-order valence-electron chi connectivity index (χ4n) is 3.06. The summed E-state index contributed by atoms with van der Waals surface area (Å²) in [6.07, 6.45) is 0. The van der Waals surface area contributed by atoms with Gasteiger partial charge in [-0.1, -0.05) is 63.6 Å². The van der Waals surface area contributed by atoms with E-state index < -0.39 is 14.2 Å². The second-order valence-corrected chi connectivity index (χ2v) is 8.68. The third-order valence-electron chi connectivity index (χ3n) is 4.65. The fraction of sp³-hybridized carbons (Fsp3) is 0.579. The van der Waals surface area contributed by atoms with Crippen LogP contribution in [0.25, 0.3) is 5.57 Å². The monoisotopic (exact) mass is 342 g/mol. The summed E-state index contributed by atoms with van der Waals surface area (Å²) in [6.45, 7) is 13.3. The molecule has 1 aromatic carbocycles. The first-order valence-corrected chi connectivity index (χ1v) is 9.00. The predicted octanol–water partition coefficient (Wildman–Crippen LogP) is 3.66. The van der Waals surface area contributed by atoms with E-state index in [1.165, 1.54) is 0 Å². The lowest BCUT2D eigenvalue weighted by Crippen LogP contribution is -2.50. The van der Waals surface area contributed by atoms with E-state index in [4.69, 9.17) is 18.6 Å². The van der Waals surface area contributed by atoms with Gasteiger partial charge in [-0.2, -0.15) is 0 Å². The first-order valence-electron chi connectivity index (χ1n) is 9.00. The van der Waals surface area contributed by atoms with Gasteiger partial charge in [0.15, 0.2) is 0 Å². The molecule has 0 unspecified atom stereocenters. The van der Waals surface area contributed by atoms with E-state index in [9.17, 15) is 0 Å². The van der Waals surface area contributed by atoms with Crippen LogP contribution in [0.15, 0.2) is 35.7 Å². The third kappa shape index (κ3) is 4.56. The van der Waals surface area contributed by atoms with Crippen LogP contribution in [0.1, 0.15) is 40.2 Å². The van der Waals surface area contributed by atoms with E-state index in [0.717, 1.165) is 16.5 Å². The number of allylic oxidation sites excluding steroid dienone is 1. The van der Waals surface area contributed by atoms with Gasteiger partial charge in [0, 0.05) is 37.3 Å². The number of hydrogen-bond donors (Lipinski definition) is 0. The van der Waals surface area contributed by atoms with Crippen molar-refractivity contribution >= 4 is 19.8 Å². The van der Waals surface area contributed by atoms with E-state index >= 15 is 0 Å². The zero-order valence-electron chi connectivity index (χ0n) is 16.0. The summed E-state index contributed by atoms with van der Waals surface area (Å²) >= 11 is 0. The Kier molecular flexibility index (Phi) is 5.45. The Morgan fingerprint density at radius 3 is 1.56 bits per heavy atom. The highest BCUT2D eigenvalue weighted by Crippen LogP contribution is 2.32. The molecule has 2 aliphatic rings. The molecule has 2 fully saturated rings. The molecule has 134 valence electrons. The van der Waals surface area contributed by atoms with Gasteiger partial charge in [-0.15, -0.1) is 0 Å². The molecule has 0 aromatic heterocycles. The van der Waals surface area contributed by atoms with Crippen LogP contribution in [0, 0.1) is 10.8 Å². The molecule has 4 nitrogen and oxygen atoms in total. The molecule has 0 N–H and O–H groups in total. The van der Waals surface area contributed by atoms with Gasteiger partial charge in [-0.3, -0.25) is 0 Å². The smallest absolute Gasteiger partial charge is 0.407 e. The lowest BCUT2D eigenvalue weighted by Gasteiger charge is -2.38. The lowest BCUT2D eigenvalue weighted by atomic mass is 9.53. The van der Waals surface area contributed by atoms with E-state index in [1.54, 1.807) is 0 Å². The maximum Gasteiger partial charge on any atom is 0.486 e. The zero-order chi connectivity index (χ0) is 18.1. The molecular weight excluding hydrogens is 314 g/mol. The number of rotatable bonds is 3. The van der Waals surface area contributed by atoms with Crippen LogP contribution in [0.2, 0.25) is 0 Å². The Bertz CT molecular complexity index is 578. The Balaban J connectivity index is 1.89. The van der Waals surface area contributed by atoms with Gasteiger partial charge in [-0.05, 0) is 17.9 Å². The standard InChI is InChI=1S/C19H28B2O4/c1-15(16-9-7-6-8-10-16)17(20-22-11-18(2,3)12-23-20)21-24-13-19(4,5)14-25-21/h6-10H,11-14H2,1-5H3. The molecule has 3 rings (SSSR count). The third-order valence-corrected chi connectivity index (χ3v) is 4.65. The summed E-state index contributed by atoms with van der Waals surface area (Å²) < 4.78 is 24.3. The van der Waals surface area contributed by atoms with Crippen molar-refractivity contribution < 1.29 is 18.6 Å². The van der Waals surface area contributed by atoms with Gasteiger partial charge in [0.05, 0.1) is 0 Å². The maximum absolute atomic E-state index is 6.06. The molecule has 0 aliphatic carbocycles. The highest BCUT2D eigenvalue weighted by molar-refractivity contribution is 6.79. The van der Waals surface area contributed by atoms with E-state index in [0.29, 0.717) is 26.4 Å². The van der Waals surface area contributed by atoms with Crippen molar-refractivity contribution in [2.75, 3.05) is 26.4 Å². The van der Waals surface area contributed by atoms with Crippen LogP contribution in [0.5, 0.6) is 0 Å². The Labute approximate surface area is 152 Å². The molecule has 2 heterocycles. The first-order chi connectivity index (χ1) is 11.8. The molecule has 0 bridgehead atoms. The van der Waals surface area contributed by atoms with Crippen molar-refractivity contribution in [3.05, 3.63) is 41.3 Å². The highest BCUT2D eigenvalue weighted by atomic mass is 16.6. The lowest BCUT2D eigenvalue weighted by molar-refractivity contribution is 0.0231. The summed E-state index contributed by atoms with van der Waals surface area (Å²) in [5, 5.41) is 0.942. The molecule has 0 radical (unpaired) electrons. The second kappa shape index (κ2) is 7.28.